The van der Waals surface area contributed by atoms with Gasteiger partial charge < -0.3 is 10.4 Å². The molecule has 20 heavy (non-hydrogen) atoms. The monoisotopic (exact) mass is 300 g/mol. The second-order valence-electron chi connectivity index (χ2n) is 4.45. The van der Waals surface area contributed by atoms with Crippen LogP contribution in [0.4, 0.5) is 5.69 Å². The van der Waals surface area contributed by atoms with E-state index >= 15 is 0 Å². The van der Waals surface area contributed by atoms with Crippen LogP contribution < -0.4 is 5.32 Å². The van der Waals surface area contributed by atoms with E-state index in [1.54, 1.807) is 13.8 Å². The summed E-state index contributed by atoms with van der Waals surface area (Å²) in [6.45, 7) is 3.27. The predicted octanol–water partition coefficient (Wildman–Crippen LogP) is 2.09. The molecular weight excluding hydrogens is 288 g/mol. The van der Waals surface area contributed by atoms with Gasteiger partial charge in [-0.2, -0.15) is 0 Å². The summed E-state index contributed by atoms with van der Waals surface area (Å²) in [5.41, 5.74) is -0.427. The lowest BCUT2D eigenvalue weighted by Gasteiger charge is -2.18. The second kappa shape index (κ2) is 6.33. The summed E-state index contributed by atoms with van der Waals surface area (Å²) < 4.78 is 0. The second-order valence-corrected chi connectivity index (χ2v) is 4.86. The van der Waals surface area contributed by atoms with Crippen molar-refractivity contribution in [3.05, 3.63) is 38.9 Å². The molecular formula is C12H13ClN2O5. The van der Waals surface area contributed by atoms with Crippen LogP contribution in [0.25, 0.3) is 0 Å². The summed E-state index contributed by atoms with van der Waals surface area (Å²) in [4.78, 5) is 33.0. The third kappa shape index (κ3) is 3.67. The molecule has 1 aromatic rings. The first-order valence-corrected chi connectivity index (χ1v) is 6.09. The number of hydrogen-bond donors (Lipinski definition) is 2. The summed E-state index contributed by atoms with van der Waals surface area (Å²) in [5.74, 6) is -2.29. The predicted molar refractivity (Wildman–Crippen MR) is 71.8 cm³/mol. The number of non-ortho nitro benzene ring substituents is 1. The standard InChI is InChI=1S/C12H13ClN2O5/c1-6(2)10(12(17)18)14-11(16)8-5-7(15(19)20)3-4-9(8)13/h3-6,10H,1-2H3,(H,14,16)(H,17,18)/t10-/m1/s1. The molecule has 2 N–H and O–H groups in total. The van der Waals surface area contributed by atoms with Gasteiger partial charge in [-0.3, -0.25) is 14.9 Å². The zero-order valence-corrected chi connectivity index (χ0v) is 11.5. The van der Waals surface area contributed by atoms with Gasteiger partial charge in [-0.05, 0) is 12.0 Å². The van der Waals surface area contributed by atoms with Crippen LogP contribution in [0.15, 0.2) is 18.2 Å². The number of hydrogen-bond acceptors (Lipinski definition) is 4. The van der Waals surface area contributed by atoms with E-state index in [4.69, 9.17) is 16.7 Å². The van der Waals surface area contributed by atoms with Gasteiger partial charge in [0.1, 0.15) is 6.04 Å². The van der Waals surface area contributed by atoms with Gasteiger partial charge in [-0.1, -0.05) is 25.4 Å². The molecule has 0 radical (unpaired) electrons. The van der Waals surface area contributed by atoms with E-state index in [1.165, 1.54) is 6.07 Å². The number of nitrogens with zero attached hydrogens (tertiary/aromatic N) is 1. The fraction of sp³-hybridized carbons (Fsp3) is 0.333. The molecule has 0 heterocycles. The Morgan fingerprint density at radius 1 is 1.40 bits per heavy atom. The van der Waals surface area contributed by atoms with Crippen LogP contribution in [0.3, 0.4) is 0 Å². The van der Waals surface area contributed by atoms with Crippen molar-refractivity contribution in [1.29, 1.82) is 0 Å². The maximum atomic E-state index is 12.0. The van der Waals surface area contributed by atoms with Crippen molar-refractivity contribution < 1.29 is 19.6 Å². The van der Waals surface area contributed by atoms with Crippen molar-refractivity contribution in [3.63, 3.8) is 0 Å². The SMILES string of the molecule is CC(C)[C@@H](NC(=O)c1cc([N+](=O)[O-])ccc1Cl)C(=O)O. The van der Waals surface area contributed by atoms with E-state index in [2.05, 4.69) is 5.32 Å². The first kappa shape index (κ1) is 15.9. The molecule has 8 heteroatoms. The molecule has 1 aromatic carbocycles. The Morgan fingerprint density at radius 3 is 2.45 bits per heavy atom. The zero-order chi connectivity index (χ0) is 15.4. The minimum atomic E-state index is -1.19. The van der Waals surface area contributed by atoms with E-state index in [-0.39, 0.29) is 22.2 Å². The molecule has 0 fully saturated rings. The third-order valence-corrected chi connectivity index (χ3v) is 2.95. The number of nitro groups is 1. The van der Waals surface area contributed by atoms with Crippen LogP contribution in [0, 0.1) is 16.0 Å². The number of amides is 1. The normalized spacial score (nSPS) is 12.0. The van der Waals surface area contributed by atoms with Crippen molar-refractivity contribution in [2.24, 2.45) is 5.92 Å². The molecule has 1 amide bonds. The Hall–Kier alpha value is -2.15. The van der Waals surface area contributed by atoms with Gasteiger partial charge in [-0.15, -0.1) is 0 Å². The molecule has 0 aliphatic heterocycles. The van der Waals surface area contributed by atoms with E-state index < -0.39 is 22.8 Å². The molecule has 0 aliphatic rings. The summed E-state index contributed by atoms with van der Waals surface area (Å²) >= 11 is 5.81. The highest BCUT2D eigenvalue weighted by Crippen LogP contribution is 2.22. The minimum absolute atomic E-state index is 0.0148. The first-order valence-electron chi connectivity index (χ1n) is 5.71. The molecule has 1 atom stereocenters. The number of benzene rings is 1. The lowest BCUT2D eigenvalue weighted by molar-refractivity contribution is -0.384. The van der Waals surface area contributed by atoms with Gasteiger partial charge in [-0.25, -0.2) is 4.79 Å². The number of carboxylic acids is 1. The Morgan fingerprint density at radius 2 is 2.00 bits per heavy atom. The maximum Gasteiger partial charge on any atom is 0.326 e. The highest BCUT2D eigenvalue weighted by atomic mass is 35.5. The number of nitro benzene ring substituents is 1. The number of nitrogens with one attached hydrogen (secondary N) is 1. The molecule has 0 saturated carbocycles. The van der Waals surface area contributed by atoms with Crippen LogP contribution >= 0.6 is 11.6 Å². The number of carbonyl (C=O) groups excluding carboxylic acids is 1. The van der Waals surface area contributed by atoms with Crippen molar-refractivity contribution >= 4 is 29.2 Å². The minimum Gasteiger partial charge on any atom is -0.480 e. The van der Waals surface area contributed by atoms with Crippen LogP contribution in [-0.4, -0.2) is 27.9 Å². The topological polar surface area (TPSA) is 110 Å². The molecule has 0 spiro atoms. The Balaban J connectivity index is 3.05. The van der Waals surface area contributed by atoms with Gasteiger partial charge >= 0.3 is 5.97 Å². The van der Waals surface area contributed by atoms with Crippen LogP contribution in [0.5, 0.6) is 0 Å². The lowest BCUT2D eigenvalue weighted by atomic mass is 10.0. The zero-order valence-electron chi connectivity index (χ0n) is 10.8. The van der Waals surface area contributed by atoms with Crippen LogP contribution in [0.1, 0.15) is 24.2 Å². The summed E-state index contributed by atoms with van der Waals surface area (Å²) in [6.07, 6.45) is 0. The first-order chi connectivity index (χ1) is 9.23. The van der Waals surface area contributed by atoms with Crippen LogP contribution in [0.2, 0.25) is 5.02 Å². The highest BCUT2D eigenvalue weighted by Gasteiger charge is 2.25. The van der Waals surface area contributed by atoms with E-state index in [0.29, 0.717) is 0 Å². The van der Waals surface area contributed by atoms with Crippen molar-refractivity contribution in [2.75, 3.05) is 0 Å². The highest BCUT2D eigenvalue weighted by molar-refractivity contribution is 6.34. The van der Waals surface area contributed by atoms with E-state index in [0.717, 1.165) is 12.1 Å². The summed E-state index contributed by atoms with van der Waals surface area (Å²) in [6, 6.07) is 2.30. The molecule has 0 saturated heterocycles. The molecule has 1 rings (SSSR count). The van der Waals surface area contributed by atoms with Crippen molar-refractivity contribution in [3.8, 4) is 0 Å². The Labute approximate surface area is 119 Å². The van der Waals surface area contributed by atoms with E-state index in [9.17, 15) is 19.7 Å². The number of carbonyl (C=O) groups is 2. The molecule has 108 valence electrons. The van der Waals surface area contributed by atoms with Gasteiger partial charge in [0.05, 0.1) is 15.5 Å². The summed E-state index contributed by atoms with van der Waals surface area (Å²) in [5, 5.41) is 22.0. The van der Waals surface area contributed by atoms with E-state index in [1.807, 2.05) is 0 Å². The van der Waals surface area contributed by atoms with Gasteiger partial charge in [0.25, 0.3) is 11.6 Å². The average molecular weight is 301 g/mol. The van der Waals surface area contributed by atoms with Crippen molar-refractivity contribution in [2.45, 2.75) is 19.9 Å². The molecule has 0 aliphatic carbocycles. The fourth-order valence-electron chi connectivity index (χ4n) is 1.53. The fourth-order valence-corrected chi connectivity index (χ4v) is 1.74. The molecule has 0 bridgehead atoms. The Kier molecular flexibility index (Phi) is 5.04. The average Bonchev–Trinajstić information content (AvgIpc) is 2.34. The lowest BCUT2D eigenvalue weighted by Crippen LogP contribution is -2.44. The van der Waals surface area contributed by atoms with Gasteiger partial charge in [0, 0.05) is 12.1 Å². The maximum absolute atomic E-state index is 12.0. The van der Waals surface area contributed by atoms with Gasteiger partial charge in [0.2, 0.25) is 0 Å². The third-order valence-electron chi connectivity index (χ3n) is 2.62. The van der Waals surface area contributed by atoms with Crippen molar-refractivity contribution in [1.82, 2.24) is 5.32 Å². The summed E-state index contributed by atoms with van der Waals surface area (Å²) in [7, 11) is 0. The molecule has 0 aromatic heterocycles. The largest absolute Gasteiger partial charge is 0.480 e. The quantitative estimate of drug-likeness (QED) is 0.639. The van der Waals surface area contributed by atoms with Gasteiger partial charge in [0.15, 0.2) is 0 Å². The number of aliphatic carboxylic acids is 1. The Bertz CT molecular complexity index is 559. The molecule has 0 unspecified atom stereocenters. The smallest absolute Gasteiger partial charge is 0.326 e. The molecule has 7 nitrogen and oxygen atoms in total. The number of carboxylic acid groups (broad SMARTS) is 1. The van der Waals surface area contributed by atoms with Crippen LogP contribution in [-0.2, 0) is 4.79 Å². The number of halogens is 1. The number of rotatable bonds is 5.